The van der Waals surface area contributed by atoms with Crippen LogP contribution in [0, 0.1) is 0 Å². The molecule has 0 aliphatic rings. The number of benzene rings is 2. The first kappa shape index (κ1) is 13.7. The fourth-order valence-corrected chi connectivity index (χ4v) is 2.17. The highest BCUT2D eigenvalue weighted by Gasteiger charge is 1.97. The van der Waals surface area contributed by atoms with Gasteiger partial charge in [0, 0.05) is 12.2 Å². The summed E-state index contributed by atoms with van der Waals surface area (Å²) in [5, 5.41) is 4.29. The molecule has 0 aliphatic carbocycles. The van der Waals surface area contributed by atoms with E-state index in [1.807, 2.05) is 42.7 Å². The Labute approximate surface area is 119 Å². The van der Waals surface area contributed by atoms with E-state index in [4.69, 9.17) is 0 Å². The monoisotopic (exact) mass is 270 g/mol. The van der Waals surface area contributed by atoms with Gasteiger partial charge in [0.2, 0.25) is 0 Å². The van der Waals surface area contributed by atoms with Crippen LogP contribution < -0.4 is 5.32 Å². The lowest BCUT2D eigenvalue weighted by atomic mass is 10.2. The molecular formula is C16H18N2S. The minimum absolute atomic E-state index is 0.806. The topological polar surface area (TPSA) is 24.4 Å². The quantitative estimate of drug-likeness (QED) is 0.669. The predicted molar refractivity (Wildman–Crippen MR) is 86.0 cm³/mol. The number of thioether (sulfide) groups is 1. The van der Waals surface area contributed by atoms with Gasteiger partial charge in [0.25, 0.3) is 0 Å². The standard InChI is InChI=1S/C16H18N2S/c1-19-16(18-15-10-6-3-7-11-15)17-13-12-14-8-4-2-5-9-14/h2-11H,12-13H2,1H3,(H,17,18). The van der Waals surface area contributed by atoms with E-state index in [1.165, 1.54) is 5.56 Å². The Morgan fingerprint density at radius 1 is 1.00 bits per heavy atom. The van der Waals surface area contributed by atoms with Gasteiger partial charge in [-0.15, -0.1) is 0 Å². The zero-order valence-corrected chi connectivity index (χ0v) is 11.9. The third kappa shape index (κ3) is 4.79. The van der Waals surface area contributed by atoms with Crippen LogP contribution in [0.1, 0.15) is 5.56 Å². The highest BCUT2D eigenvalue weighted by molar-refractivity contribution is 8.13. The molecule has 0 unspecified atom stereocenters. The van der Waals surface area contributed by atoms with Gasteiger partial charge in [0.1, 0.15) is 0 Å². The molecular weight excluding hydrogens is 252 g/mol. The Hall–Kier alpha value is -1.74. The Kier molecular flexibility index (Phi) is 5.50. The van der Waals surface area contributed by atoms with E-state index in [0.717, 1.165) is 23.8 Å². The summed E-state index contributed by atoms with van der Waals surface area (Å²) in [6.45, 7) is 0.806. The van der Waals surface area contributed by atoms with Crippen molar-refractivity contribution in [3.05, 3.63) is 66.2 Å². The number of hydrogen-bond donors (Lipinski definition) is 1. The number of anilines is 1. The first-order valence-electron chi connectivity index (χ1n) is 6.33. The summed E-state index contributed by atoms with van der Waals surface area (Å²) in [6.07, 6.45) is 3.01. The number of nitrogens with one attached hydrogen (secondary N) is 1. The lowest BCUT2D eigenvalue weighted by Crippen LogP contribution is -2.08. The van der Waals surface area contributed by atoms with Crippen LogP contribution in [-0.4, -0.2) is 18.0 Å². The van der Waals surface area contributed by atoms with Crippen molar-refractivity contribution in [1.29, 1.82) is 0 Å². The molecule has 0 aromatic heterocycles. The Morgan fingerprint density at radius 3 is 2.26 bits per heavy atom. The second-order valence-electron chi connectivity index (χ2n) is 4.12. The van der Waals surface area contributed by atoms with E-state index in [1.54, 1.807) is 11.8 Å². The fourth-order valence-electron chi connectivity index (χ4n) is 1.73. The summed E-state index contributed by atoms with van der Waals surface area (Å²) in [7, 11) is 0. The Morgan fingerprint density at radius 2 is 1.63 bits per heavy atom. The van der Waals surface area contributed by atoms with Crippen LogP contribution in [-0.2, 0) is 6.42 Å². The van der Waals surface area contributed by atoms with Crippen LogP contribution in [0.25, 0.3) is 0 Å². The van der Waals surface area contributed by atoms with Gasteiger partial charge in [-0.2, -0.15) is 0 Å². The normalized spacial score (nSPS) is 11.3. The third-order valence-corrected chi connectivity index (χ3v) is 3.33. The van der Waals surface area contributed by atoms with E-state index in [-0.39, 0.29) is 0 Å². The fraction of sp³-hybridized carbons (Fsp3) is 0.188. The zero-order valence-electron chi connectivity index (χ0n) is 11.0. The molecule has 2 nitrogen and oxygen atoms in total. The summed E-state index contributed by atoms with van der Waals surface area (Å²) in [4.78, 5) is 4.60. The zero-order chi connectivity index (χ0) is 13.3. The number of para-hydroxylation sites is 1. The Balaban J connectivity index is 1.89. The van der Waals surface area contributed by atoms with Crippen molar-refractivity contribution >= 4 is 22.6 Å². The van der Waals surface area contributed by atoms with E-state index >= 15 is 0 Å². The lowest BCUT2D eigenvalue weighted by molar-refractivity contribution is 0.971. The number of rotatable bonds is 4. The molecule has 0 bridgehead atoms. The van der Waals surface area contributed by atoms with Gasteiger partial charge >= 0.3 is 0 Å². The highest BCUT2D eigenvalue weighted by Crippen LogP contribution is 2.09. The van der Waals surface area contributed by atoms with Crippen LogP contribution in [0.15, 0.2) is 65.7 Å². The van der Waals surface area contributed by atoms with E-state index in [2.05, 4.69) is 34.6 Å². The summed E-state index contributed by atoms with van der Waals surface area (Å²) in [6, 6.07) is 20.6. The molecule has 19 heavy (non-hydrogen) atoms. The van der Waals surface area contributed by atoms with Gasteiger partial charge in [0.05, 0.1) is 0 Å². The number of aliphatic imine (C=N–C) groups is 1. The summed E-state index contributed by atoms with van der Waals surface area (Å²) < 4.78 is 0. The molecule has 98 valence electrons. The summed E-state index contributed by atoms with van der Waals surface area (Å²) >= 11 is 1.64. The van der Waals surface area contributed by atoms with Crippen molar-refractivity contribution in [2.45, 2.75) is 6.42 Å². The van der Waals surface area contributed by atoms with Gasteiger partial charge in [-0.1, -0.05) is 60.3 Å². The molecule has 2 rings (SSSR count). The largest absolute Gasteiger partial charge is 0.335 e. The molecule has 0 amide bonds. The van der Waals surface area contributed by atoms with Crippen molar-refractivity contribution in [3.63, 3.8) is 0 Å². The summed E-state index contributed by atoms with van der Waals surface area (Å²) in [5.41, 5.74) is 2.40. The van der Waals surface area contributed by atoms with Crippen molar-refractivity contribution in [2.75, 3.05) is 18.1 Å². The maximum absolute atomic E-state index is 4.60. The van der Waals surface area contributed by atoms with Crippen LogP contribution in [0.5, 0.6) is 0 Å². The average molecular weight is 270 g/mol. The molecule has 3 heteroatoms. The van der Waals surface area contributed by atoms with E-state index in [9.17, 15) is 0 Å². The van der Waals surface area contributed by atoms with Gasteiger partial charge in [-0.3, -0.25) is 4.99 Å². The molecule has 0 fully saturated rings. The predicted octanol–water partition coefficient (Wildman–Crippen LogP) is 4.06. The molecule has 0 radical (unpaired) electrons. The second-order valence-corrected chi connectivity index (χ2v) is 4.91. The lowest BCUT2D eigenvalue weighted by Gasteiger charge is -2.07. The number of amidine groups is 1. The minimum atomic E-state index is 0.806. The molecule has 0 saturated heterocycles. The van der Waals surface area contributed by atoms with Crippen LogP contribution >= 0.6 is 11.8 Å². The molecule has 2 aromatic rings. The van der Waals surface area contributed by atoms with Crippen LogP contribution in [0.4, 0.5) is 5.69 Å². The SMILES string of the molecule is CSC(=NCCc1ccccc1)Nc1ccccc1. The molecule has 0 saturated carbocycles. The molecule has 0 atom stereocenters. The van der Waals surface area contributed by atoms with Gasteiger partial charge in [0.15, 0.2) is 5.17 Å². The smallest absolute Gasteiger partial charge is 0.160 e. The number of nitrogens with zero attached hydrogens (tertiary/aromatic N) is 1. The van der Waals surface area contributed by atoms with Crippen LogP contribution in [0.2, 0.25) is 0 Å². The first-order valence-corrected chi connectivity index (χ1v) is 7.55. The maximum Gasteiger partial charge on any atom is 0.160 e. The Bertz CT molecular complexity index is 509. The van der Waals surface area contributed by atoms with E-state index < -0.39 is 0 Å². The maximum atomic E-state index is 4.60. The first-order chi connectivity index (χ1) is 9.38. The number of hydrogen-bond acceptors (Lipinski definition) is 2. The van der Waals surface area contributed by atoms with Crippen LogP contribution in [0.3, 0.4) is 0 Å². The van der Waals surface area contributed by atoms with Gasteiger partial charge in [-0.25, -0.2) is 0 Å². The third-order valence-electron chi connectivity index (χ3n) is 2.72. The second kappa shape index (κ2) is 7.64. The molecule has 1 N–H and O–H groups in total. The average Bonchev–Trinajstić information content (AvgIpc) is 2.48. The van der Waals surface area contributed by atoms with Crippen molar-refractivity contribution in [2.24, 2.45) is 4.99 Å². The van der Waals surface area contributed by atoms with Crippen molar-refractivity contribution < 1.29 is 0 Å². The van der Waals surface area contributed by atoms with E-state index in [0.29, 0.717) is 0 Å². The van der Waals surface area contributed by atoms with Crippen molar-refractivity contribution in [1.82, 2.24) is 0 Å². The molecule has 0 spiro atoms. The minimum Gasteiger partial charge on any atom is -0.335 e. The summed E-state index contributed by atoms with van der Waals surface area (Å²) in [5.74, 6) is 0. The molecule has 0 heterocycles. The van der Waals surface area contributed by atoms with Crippen molar-refractivity contribution in [3.8, 4) is 0 Å². The van der Waals surface area contributed by atoms with Gasteiger partial charge < -0.3 is 5.32 Å². The van der Waals surface area contributed by atoms with Gasteiger partial charge in [-0.05, 0) is 30.4 Å². The molecule has 2 aromatic carbocycles. The molecule has 0 aliphatic heterocycles. The highest BCUT2D eigenvalue weighted by atomic mass is 32.2.